The van der Waals surface area contributed by atoms with E-state index in [0.29, 0.717) is 66.2 Å². The van der Waals surface area contributed by atoms with E-state index in [4.69, 9.17) is 30.3 Å². The number of allylic oxidation sites excluding steroid dienone is 1. The van der Waals surface area contributed by atoms with Crippen LogP contribution in [0.5, 0.6) is 17.2 Å². The summed E-state index contributed by atoms with van der Waals surface area (Å²) in [5.41, 5.74) is 18.7. The van der Waals surface area contributed by atoms with Crippen molar-refractivity contribution in [2.24, 2.45) is 11.8 Å². The lowest BCUT2D eigenvalue weighted by Crippen LogP contribution is -2.59. The van der Waals surface area contributed by atoms with E-state index in [0.717, 1.165) is 39.8 Å². The van der Waals surface area contributed by atoms with E-state index in [1.165, 1.54) is 6.07 Å². The van der Waals surface area contributed by atoms with Gasteiger partial charge >= 0.3 is 5.97 Å². The van der Waals surface area contributed by atoms with Crippen molar-refractivity contribution in [2.45, 2.75) is 95.9 Å². The van der Waals surface area contributed by atoms with Gasteiger partial charge in [0.25, 0.3) is 0 Å². The molecule has 2 aromatic carbocycles. The number of phenols is 2. The van der Waals surface area contributed by atoms with Gasteiger partial charge in [-0.1, -0.05) is 12.1 Å². The zero-order valence-electron chi connectivity index (χ0n) is 32.2. The van der Waals surface area contributed by atoms with Gasteiger partial charge in [0.2, 0.25) is 0 Å². The third kappa shape index (κ3) is 5.83. The smallest absolute Gasteiger partial charge is 0.333 e. The molecule has 4 aliphatic rings. The van der Waals surface area contributed by atoms with Gasteiger partial charge in [0.1, 0.15) is 63.9 Å². The van der Waals surface area contributed by atoms with Crippen molar-refractivity contribution < 1.29 is 34.0 Å². The number of benzene rings is 2. The number of aliphatic hydroxyl groups is 1. The third-order valence-electron chi connectivity index (χ3n) is 13.3. The number of anilines is 2. The number of esters is 1. The summed E-state index contributed by atoms with van der Waals surface area (Å²) in [4.78, 5) is 37.0. The van der Waals surface area contributed by atoms with E-state index >= 15 is 0 Å². The average Bonchev–Trinajstić information content (AvgIpc) is 3.34. The zero-order valence-corrected chi connectivity index (χ0v) is 32.2. The van der Waals surface area contributed by atoms with Gasteiger partial charge in [0.15, 0.2) is 5.43 Å². The predicted molar refractivity (Wildman–Crippen MR) is 213 cm³/mol. The number of nitrogens with zero attached hydrogens (tertiary/aromatic N) is 2. The first-order valence-corrected chi connectivity index (χ1v) is 19.7. The number of nitrogen functional groups attached to an aromatic ring is 2. The van der Waals surface area contributed by atoms with Gasteiger partial charge in [-0.2, -0.15) is 0 Å². The third-order valence-corrected chi connectivity index (χ3v) is 13.3. The Morgan fingerprint density at radius 1 is 1.00 bits per heavy atom. The lowest BCUT2D eigenvalue weighted by Gasteiger charge is -2.51. The largest absolute Gasteiger partial charge is 0.508 e. The number of aliphatic hydroxyl groups excluding tert-OH is 1. The summed E-state index contributed by atoms with van der Waals surface area (Å²) in [6.07, 6.45) is 7.98. The van der Waals surface area contributed by atoms with Crippen molar-refractivity contribution in [2.75, 3.05) is 11.5 Å². The average molecular weight is 771 g/mol. The molecule has 294 valence electrons. The number of fused-ring (bicyclic) bond motifs is 9. The number of aromatic nitrogens is 2. The van der Waals surface area contributed by atoms with E-state index in [1.54, 1.807) is 38.3 Å². The molecule has 5 aromatic rings. The van der Waals surface area contributed by atoms with Gasteiger partial charge in [0, 0.05) is 59.0 Å². The number of carbonyl (C=O) groups is 1. The molecule has 12 heteroatoms. The van der Waals surface area contributed by atoms with Crippen molar-refractivity contribution in [1.29, 1.82) is 0 Å². The maximum absolute atomic E-state index is 14.0. The van der Waals surface area contributed by atoms with Crippen molar-refractivity contribution in [3.8, 4) is 17.2 Å². The highest BCUT2D eigenvalue weighted by atomic mass is 16.6. The van der Waals surface area contributed by atoms with Crippen molar-refractivity contribution in [3.05, 3.63) is 121 Å². The number of hydrogen-bond donors (Lipinski definition) is 5. The zero-order chi connectivity index (χ0) is 39.9. The number of hydrogen-bond acceptors (Lipinski definition) is 12. The normalized spacial score (nSPS) is 25.0. The Morgan fingerprint density at radius 2 is 1.81 bits per heavy atom. The fourth-order valence-electron chi connectivity index (χ4n) is 10.4. The molecule has 0 spiro atoms. The minimum atomic E-state index is -1.22. The number of rotatable bonds is 3. The second-order valence-corrected chi connectivity index (χ2v) is 16.3. The van der Waals surface area contributed by atoms with Gasteiger partial charge in [0.05, 0.1) is 0 Å². The molecule has 0 saturated heterocycles. The summed E-state index contributed by atoms with van der Waals surface area (Å²) < 4.78 is 20.4. The van der Waals surface area contributed by atoms with Crippen LogP contribution < -0.4 is 21.6 Å². The lowest BCUT2D eigenvalue weighted by atomic mass is 9.63. The van der Waals surface area contributed by atoms with E-state index in [2.05, 4.69) is 4.98 Å². The molecule has 0 unspecified atom stereocenters. The molecular formula is C45H46N4O8. The van der Waals surface area contributed by atoms with Crippen LogP contribution in [0.3, 0.4) is 0 Å². The Kier molecular flexibility index (Phi) is 8.80. The van der Waals surface area contributed by atoms with Crippen LogP contribution in [0.2, 0.25) is 0 Å². The molecule has 3 aromatic heterocycles. The van der Waals surface area contributed by atoms with Crippen LogP contribution in [0.1, 0.15) is 95.7 Å². The number of carbonyl (C=O) groups excluding carboxylic acids is 1. The van der Waals surface area contributed by atoms with Crippen LogP contribution in [-0.4, -0.2) is 43.0 Å². The highest BCUT2D eigenvalue weighted by molar-refractivity contribution is 5.92. The Balaban J connectivity index is 1.44. The highest BCUT2D eigenvalue weighted by Gasteiger charge is 2.56. The molecule has 57 heavy (non-hydrogen) atoms. The van der Waals surface area contributed by atoms with Crippen LogP contribution >= 0.6 is 0 Å². The number of nitrogens with two attached hydrogens (primary N) is 2. The quantitative estimate of drug-likeness (QED) is 0.105. The number of aryl methyl sites for hydroxylation is 2. The molecule has 0 radical (unpaired) electrons. The fourth-order valence-corrected chi connectivity index (χ4v) is 10.4. The molecule has 0 fully saturated rings. The monoisotopic (exact) mass is 770 g/mol. The first-order chi connectivity index (χ1) is 27.4. The molecule has 12 nitrogen and oxygen atoms in total. The maximum Gasteiger partial charge on any atom is 0.333 e. The second-order valence-electron chi connectivity index (χ2n) is 16.3. The molecule has 7 N–H and O–H groups in total. The first-order valence-electron chi connectivity index (χ1n) is 19.7. The Labute approximate surface area is 329 Å². The van der Waals surface area contributed by atoms with Crippen LogP contribution in [-0.2, 0) is 48.2 Å². The lowest BCUT2D eigenvalue weighted by molar-refractivity contribution is -0.168. The molecule has 0 saturated carbocycles. The fraction of sp³-hybridized carbons (Fsp3) is 0.378. The number of ether oxygens (including phenoxy) is 2. The summed E-state index contributed by atoms with van der Waals surface area (Å²) in [7, 11) is 0. The topological polar surface area (TPSA) is 204 Å². The molecule has 2 aliphatic heterocycles. The minimum Gasteiger partial charge on any atom is -0.508 e. The van der Waals surface area contributed by atoms with Crippen LogP contribution in [0, 0.1) is 11.8 Å². The van der Waals surface area contributed by atoms with Gasteiger partial charge in [-0.25, -0.2) is 14.8 Å². The SMILES string of the molecule is C/C=C(/C)C(=O)O[C@@H]1Cc2c3c(c4oc(CO)cc(=O)c4c2O)[C@H]2Cc4cc(O)ccc4CC[C@H](c4c2ccnc4N)[C@@H]2CCc4cc(N)ncc4C[C@H]2[C@]1(C)O3. The van der Waals surface area contributed by atoms with Gasteiger partial charge < -0.3 is 40.7 Å². The van der Waals surface area contributed by atoms with Gasteiger partial charge in [-0.05, 0) is 123 Å². The Morgan fingerprint density at radius 3 is 2.60 bits per heavy atom. The van der Waals surface area contributed by atoms with Crippen molar-refractivity contribution >= 4 is 28.6 Å². The van der Waals surface area contributed by atoms with Gasteiger partial charge in [-0.3, -0.25) is 4.79 Å². The molecule has 9 rings (SSSR count). The Bertz CT molecular complexity index is 2580. The highest BCUT2D eigenvalue weighted by Crippen LogP contribution is 2.58. The number of phenolic OH excluding ortho intramolecular Hbond substituents is 2. The molecular weight excluding hydrogens is 725 g/mol. The second kappa shape index (κ2) is 13.7. The molecule has 4 bridgehead atoms. The summed E-state index contributed by atoms with van der Waals surface area (Å²) in [6.45, 7) is 4.91. The molecule has 5 heterocycles. The van der Waals surface area contributed by atoms with Crippen molar-refractivity contribution in [3.63, 3.8) is 0 Å². The minimum absolute atomic E-state index is 0.0214. The van der Waals surface area contributed by atoms with Crippen molar-refractivity contribution in [1.82, 2.24) is 9.97 Å². The molecule has 6 atom stereocenters. The summed E-state index contributed by atoms with van der Waals surface area (Å²) >= 11 is 0. The van der Waals surface area contributed by atoms with Crippen LogP contribution in [0.4, 0.5) is 11.6 Å². The predicted octanol–water partition coefficient (Wildman–Crippen LogP) is 6.06. The maximum atomic E-state index is 14.0. The van der Waals surface area contributed by atoms with E-state index in [9.17, 15) is 24.9 Å². The summed E-state index contributed by atoms with van der Waals surface area (Å²) in [5, 5.41) is 33.3. The number of aromatic hydroxyl groups is 2. The van der Waals surface area contributed by atoms with Crippen LogP contribution in [0.15, 0.2) is 69.7 Å². The standard InChI is InChI=1S/C45H46N4O8/c1-4-21(2)44(54)56-35-18-32-40(53)39-34(52)17-27(20-50)55-42(39)38-31-14-24-13-26(51)8-5-22(24)6-10-29(37-30(31)11-12-48-43(37)47)28-9-7-23-16-36(46)49-19-25(23)15-33(28)45(35,3)57-41(32)38/h4-5,8,11-13,16-17,19,28-29,31,33,35,50-51,53H,6-7,9-10,14-15,18,20H2,1-3H3,(H2,46,49)(H2,47,48)/b21-4-/t28-,29-,31-,33+,35+,45-/m0/s1. The van der Waals surface area contributed by atoms with E-state index < -0.39 is 35.6 Å². The first kappa shape index (κ1) is 36.7. The summed E-state index contributed by atoms with van der Waals surface area (Å²) in [6, 6.07) is 10.5. The molecule has 2 aliphatic carbocycles. The Hall–Kier alpha value is -5.88. The van der Waals surface area contributed by atoms with Crippen LogP contribution in [0.25, 0.3) is 11.0 Å². The molecule has 0 amide bonds. The summed E-state index contributed by atoms with van der Waals surface area (Å²) in [5.74, 6) is -0.770. The van der Waals surface area contributed by atoms with Gasteiger partial charge in [-0.15, -0.1) is 0 Å². The number of pyridine rings is 2. The van der Waals surface area contributed by atoms with E-state index in [1.807, 2.05) is 31.3 Å². The van der Waals surface area contributed by atoms with E-state index in [-0.39, 0.29) is 52.4 Å².